The van der Waals surface area contributed by atoms with E-state index in [4.69, 9.17) is 4.74 Å². The van der Waals surface area contributed by atoms with Gasteiger partial charge < -0.3 is 14.2 Å². The van der Waals surface area contributed by atoms with Crippen molar-refractivity contribution in [3.8, 4) is 17.1 Å². The van der Waals surface area contributed by atoms with Gasteiger partial charge in [-0.15, -0.1) is 0 Å². The Kier molecular flexibility index (Phi) is 4.91. The molecule has 0 unspecified atom stereocenters. The van der Waals surface area contributed by atoms with Crippen LogP contribution in [-0.2, 0) is 6.18 Å². The summed E-state index contributed by atoms with van der Waals surface area (Å²) < 4.78 is 48.1. The number of hydrogen-bond donors (Lipinski definition) is 0. The Morgan fingerprint density at radius 2 is 2.10 bits per heavy atom. The monoisotopic (exact) mass is 404 g/mol. The number of hydrogen-bond acceptors (Lipinski definition) is 6. The molecule has 0 bridgehead atoms. The van der Waals surface area contributed by atoms with Crippen LogP contribution in [0.1, 0.15) is 22.7 Å². The second-order valence-corrected chi connectivity index (χ2v) is 6.47. The number of ether oxygens (including phenoxy) is 1. The summed E-state index contributed by atoms with van der Waals surface area (Å²) in [7, 11) is 0. The van der Waals surface area contributed by atoms with Gasteiger partial charge in [0.25, 0.3) is 5.91 Å². The van der Waals surface area contributed by atoms with E-state index in [9.17, 15) is 18.0 Å². The summed E-state index contributed by atoms with van der Waals surface area (Å²) in [6.07, 6.45) is -1.19. The van der Waals surface area contributed by atoms with Gasteiger partial charge in [-0.1, -0.05) is 17.3 Å². The van der Waals surface area contributed by atoms with E-state index in [0.29, 0.717) is 36.4 Å². The second kappa shape index (κ2) is 7.53. The van der Waals surface area contributed by atoms with E-state index in [-0.39, 0.29) is 17.8 Å². The average Bonchev–Trinajstić information content (AvgIpc) is 3.38. The molecule has 150 valence electrons. The van der Waals surface area contributed by atoms with Crippen LogP contribution in [-0.4, -0.2) is 45.1 Å². The van der Waals surface area contributed by atoms with Gasteiger partial charge in [-0.2, -0.15) is 18.2 Å². The van der Waals surface area contributed by atoms with Crippen LogP contribution in [0.5, 0.6) is 5.75 Å². The number of carbonyl (C=O) groups excluding carboxylic acids is 1. The topological polar surface area (TPSA) is 81.4 Å². The van der Waals surface area contributed by atoms with E-state index in [1.165, 1.54) is 12.3 Å². The lowest BCUT2D eigenvalue weighted by Crippen LogP contribution is -2.31. The predicted molar refractivity (Wildman–Crippen MR) is 93.9 cm³/mol. The summed E-state index contributed by atoms with van der Waals surface area (Å²) in [5, 5.41) is 3.37. The first-order chi connectivity index (χ1) is 13.9. The first kappa shape index (κ1) is 18.9. The molecule has 2 aromatic heterocycles. The zero-order chi connectivity index (χ0) is 20.4. The Labute approximate surface area is 163 Å². The summed E-state index contributed by atoms with van der Waals surface area (Å²) in [6.45, 7) is 0.941. The normalized spacial score (nSPS) is 16.8. The minimum atomic E-state index is -4.70. The van der Waals surface area contributed by atoms with E-state index >= 15 is 0 Å². The van der Waals surface area contributed by atoms with Crippen LogP contribution in [0.25, 0.3) is 11.4 Å². The average molecular weight is 404 g/mol. The van der Waals surface area contributed by atoms with Gasteiger partial charge in [0.15, 0.2) is 0 Å². The summed E-state index contributed by atoms with van der Waals surface area (Å²) in [6, 6.07) is 9.81. The Morgan fingerprint density at radius 1 is 1.24 bits per heavy atom. The lowest BCUT2D eigenvalue weighted by Gasteiger charge is -2.17. The second-order valence-electron chi connectivity index (χ2n) is 6.47. The number of alkyl halides is 3. The molecule has 1 aliphatic heterocycles. The van der Waals surface area contributed by atoms with Gasteiger partial charge in [0.1, 0.15) is 11.9 Å². The number of benzene rings is 1. The largest absolute Gasteiger partial charge is 0.488 e. The number of pyridine rings is 1. The first-order valence-electron chi connectivity index (χ1n) is 8.77. The van der Waals surface area contributed by atoms with Crippen molar-refractivity contribution in [3.63, 3.8) is 0 Å². The molecular formula is C19H15F3N4O3. The van der Waals surface area contributed by atoms with Crippen LogP contribution >= 0.6 is 0 Å². The molecule has 1 aliphatic rings. The van der Waals surface area contributed by atoms with Crippen molar-refractivity contribution in [1.82, 2.24) is 20.0 Å². The molecule has 3 heterocycles. The maximum atomic E-state index is 12.6. The van der Waals surface area contributed by atoms with Crippen LogP contribution in [0.4, 0.5) is 13.2 Å². The molecule has 0 aliphatic carbocycles. The number of likely N-dealkylation sites (tertiary alicyclic amines) is 1. The van der Waals surface area contributed by atoms with Gasteiger partial charge in [0.05, 0.1) is 12.1 Å². The van der Waals surface area contributed by atoms with Crippen molar-refractivity contribution in [3.05, 3.63) is 60.2 Å². The fourth-order valence-corrected chi connectivity index (χ4v) is 3.04. The third kappa shape index (κ3) is 4.20. The first-order valence-corrected chi connectivity index (χ1v) is 8.77. The minimum absolute atomic E-state index is 0.121. The highest BCUT2D eigenvalue weighted by atomic mass is 19.4. The SMILES string of the molecule is O=C(c1cccnc1)N1CC[C@@H](Oc2cccc(-c3noc(C(F)(F)F)n3)c2)C1. The molecule has 0 radical (unpaired) electrons. The van der Waals surface area contributed by atoms with Gasteiger partial charge in [-0.3, -0.25) is 9.78 Å². The highest BCUT2D eigenvalue weighted by Gasteiger charge is 2.38. The van der Waals surface area contributed by atoms with Gasteiger partial charge in [-0.05, 0) is 24.3 Å². The molecule has 0 spiro atoms. The van der Waals surface area contributed by atoms with Gasteiger partial charge in [-0.25, -0.2) is 0 Å². The van der Waals surface area contributed by atoms with Crippen molar-refractivity contribution in [2.75, 3.05) is 13.1 Å². The fourth-order valence-electron chi connectivity index (χ4n) is 3.04. The van der Waals surface area contributed by atoms with Crippen molar-refractivity contribution < 1.29 is 27.2 Å². The fraction of sp³-hybridized carbons (Fsp3) is 0.263. The Hall–Kier alpha value is -3.43. The Balaban J connectivity index is 1.42. The molecule has 0 N–H and O–H groups in total. The molecule has 10 heteroatoms. The molecule has 1 fully saturated rings. The van der Waals surface area contributed by atoms with Crippen molar-refractivity contribution in [2.24, 2.45) is 0 Å². The third-order valence-electron chi connectivity index (χ3n) is 4.40. The summed E-state index contributed by atoms with van der Waals surface area (Å²) in [4.78, 5) is 21.5. The number of rotatable bonds is 4. The van der Waals surface area contributed by atoms with Crippen LogP contribution < -0.4 is 4.74 Å². The van der Waals surface area contributed by atoms with Crippen molar-refractivity contribution in [2.45, 2.75) is 18.7 Å². The van der Waals surface area contributed by atoms with Crippen molar-refractivity contribution >= 4 is 5.91 Å². The number of amides is 1. The van der Waals surface area contributed by atoms with Crippen LogP contribution in [0.3, 0.4) is 0 Å². The maximum Gasteiger partial charge on any atom is 0.471 e. The highest BCUT2D eigenvalue weighted by molar-refractivity contribution is 5.94. The number of carbonyl (C=O) groups is 1. The quantitative estimate of drug-likeness (QED) is 0.663. The van der Waals surface area contributed by atoms with E-state index in [1.807, 2.05) is 0 Å². The smallest absolute Gasteiger partial charge is 0.471 e. The molecule has 1 amide bonds. The predicted octanol–water partition coefficient (Wildman–Crippen LogP) is 3.44. The van der Waals surface area contributed by atoms with Crippen LogP contribution in [0.2, 0.25) is 0 Å². The molecule has 7 nitrogen and oxygen atoms in total. The maximum absolute atomic E-state index is 12.6. The molecule has 1 aromatic carbocycles. The van der Waals surface area contributed by atoms with Gasteiger partial charge >= 0.3 is 12.1 Å². The summed E-state index contributed by atoms with van der Waals surface area (Å²) >= 11 is 0. The molecule has 29 heavy (non-hydrogen) atoms. The van der Waals surface area contributed by atoms with E-state index < -0.39 is 12.1 Å². The lowest BCUT2D eigenvalue weighted by atomic mass is 10.2. The molecule has 1 atom stereocenters. The van der Waals surface area contributed by atoms with Crippen LogP contribution in [0.15, 0.2) is 53.3 Å². The van der Waals surface area contributed by atoms with E-state index in [2.05, 4.69) is 19.6 Å². The van der Waals surface area contributed by atoms with E-state index in [1.54, 1.807) is 41.4 Å². The van der Waals surface area contributed by atoms with Gasteiger partial charge in [0, 0.05) is 30.9 Å². The van der Waals surface area contributed by atoms with Crippen molar-refractivity contribution in [1.29, 1.82) is 0 Å². The zero-order valence-electron chi connectivity index (χ0n) is 15.0. The van der Waals surface area contributed by atoms with Gasteiger partial charge in [0.2, 0.25) is 5.82 Å². The number of halogens is 3. The molecule has 0 saturated carbocycles. The molecular weight excluding hydrogens is 389 g/mol. The molecule has 4 rings (SSSR count). The zero-order valence-corrected chi connectivity index (χ0v) is 15.0. The summed E-state index contributed by atoms with van der Waals surface area (Å²) in [5.41, 5.74) is 0.843. The highest BCUT2D eigenvalue weighted by Crippen LogP contribution is 2.30. The molecule has 3 aromatic rings. The van der Waals surface area contributed by atoms with Crippen LogP contribution in [0, 0.1) is 0 Å². The third-order valence-corrected chi connectivity index (χ3v) is 4.40. The number of aromatic nitrogens is 3. The Bertz CT molecular complexity index is 1010. The Morgan fingerprint density at radius 3 is 2.83 bits per heavy atom. The lowest BCUT2D eigenvalue weighted by molar-refractivity contribution is -0.159. The molecule has 1 saturated heterocycles. The number of nitrogens with zero attached hydrogens (tertiary/aromatic N) is 4. The minimum Gasteiger partial charge on any atom is -0.488 e. The van der Waals surface area contributed by atoms with E-state index in [0.717, 1.165) is 0 Å². The summed E-state index contributed by atoms with van der Waals surface area (Å²) in [5.74, 6) is -1.26. The standard InChI is InChI=1S/C19H15F3N4O3/c20-19(21,22)18-24-16(25-29-18)12-3-1-5-14(9-12)28-15-6-8-26(11-15)17(27)13-4-2-7-23-10-13/h1-5,7,9-10,15H,6,8,11H2/t15-/m1/s1.